The van der Waals surface area contributed by atoms with E-state index in [1.807, 2.05) is 0 Å². The zero-order valence-corrected chi connectivity index (χ0v) is 6.16. The van der Waals surface area contributed by atoms with Crippen LogP contribution < -0.4 is 5.32 Å². The Kier molecular flexibility index (Phi) is 3.40. The molecule has 11 heavy (non-hydrogen) atoms. The van der Waals surface area contributed by atoms with Crippen LogP contribution in [0.25, 0.3) is 0 Å². The topological polar surface area (TPSA) is 75.6 Å². The Bertz CT molecular complexity index is 171. The summed E-state index contributed by atoms with van der Waals surface area (Å²) in [5.74, 6) is -1.79. The third-order valence-electron chi connectivity index (χ3n) is 0.967. The monoisotopic (exact) mass is 162 g/mol. The quantitative estimate of drug-likeness (QED) is 0.568. The number of carboxylic acids is 1. The van der Waals surface area contributed by atoms with E-state index in [0.717, 1.165) is 0 Å². The molecule has 5 nitrogen and oxygen atoms in total. The first kappa shape index (κ1) is 8.00. The first-order valence-corrected chi connectivity index (χ1v) is 2.92. The van der Waals surface area contributed by atoms with E-state index in [2.05, 4.69) is 10.1 Å². The van der Waals surface area contributed by atoms with Crippen LogP contribution in [0.1, 0.15) is 8.27 Å². The SMILES string of the molecule is [2H]CC(=O)NC(COC)C(=O)O. The number of aliphatic carboxylic acids is 1. The first-order valence-electron chi connectivity index (χ1n) is 3.63. The molecule has 2 N–H and O–H groups in total. The van der Waals surface area contributed by atoms with Gasteiger partial charge in [-0.2, -0.15) is 0 Å². The van der Waals surface area contributed by atoms with Crippen LogP contribution in [0.3, 0.4) is 0 Å². The number of carbonyl (C=O) groups is 2. The number of carbonyl (C=O) groups excluding carboxylic acids is 1. The molecule has 0 saturated carbocycles. The molecule has 0 aliphatic rings. The van der Waals surface area contributed by atoms with Crippen LogP contribution in [0.4, 0.5) is 0 Å². The lowest BCUT2D eigenvalue weighted by molar-refractivity contribution is -0.143. The molecule has 0 saturated heterocycles. The van der Waals surface area contributed by atoms with Crippen molar-refractivity contribution in [2.75, 3.05) is 13.7 Å². The van der Waals surface area contributed by atoms with Crippen molar-refractivity contribution in [2.24, 2.45) is 0 Å². The summed E-state index contributed by atoms with van der Waals surface area (Å²) in [6.07, 6.45) is 0. The molecule has 0 aliphatic carbocycles. The van der Waals surface area contributed by atoms with Crippen LogP contribution in [0, 0.1) is 0 Å². The molecule has 0 bridgehead atoms. The average molecular weight is 162 g/mol. The Balaban J connectivity index is 3.95. The minimum absolute atomic E-state index is 0.0962. The molecule has 1 atom stereocenters. The van der Waals surface area contributed by atoms with Crippen molar-refractivity contribution in [1.82, 2.24) is 5.32 Å². The summed E-state index contributed by atoms with van der Waals surface area (Å²) in [5, 5.41) is 10.6. The zero-order valence-electron chi connectivity index (χ0n) is 7.16. The van der Waals surface area contributed by atoms with Gasteiger partial charge < -0.3 is 15.2 Å². The van der Waals surface area contributed by atoms with Gasteiger partial charge in [-0.25, -0.2) is 4.79 Å². The average Bonchev–Trinajstić information content (AvgIpc) is 2.03. The van der Waals surface area contributed by atoms with Crippen molar-refractivity contribution in [3.63, 3.8) is 0 Å². The third-order valence-corrected chi connectivity index (χ3v) is 0.967. The van der Waals surface area contributed by atoms with Crippen LogP contribution >= 0.6 is 0 Å². The number of rotatable bonds is 4. The van der Waals surface area contributed by atoms with Crippen molar-refractivity contribution in [3.05, 3.63) is 0 Å². The minimum Gasteiger partial charge on any atom is -0.480 e. The Morgan fingerprint density at radius 2 is 2.45 bits per heavy atom. The van der Waals surface area contributed by atoms with E-state index in [4.69, 9.17) is 6.48 Å². The van der Waals surface area contributed by atoms with Crippen LogP contribution in [0.5, 0.6) is 0 Å². The summed E-state index contributed by atoms with van der Waals surface area (Å²) >= 11 is 0. The summed E-state index contributed by atoms with van der Waals surface area (Å²) in [7, 11) is 1.34. The molecule has 0 aromatic carbocycles. The van der Waals surface area contributed by atoms with Crippen LogP contribution in [0.15, 0.2) is 0 Å². The van der Waals surface area contributed by atoms with Gasteiger partial charge in [-0.05, 0) is 0 Å². The Morgan fingerprint density at radius 1 is 1.82 bits per heavy atom. The van der Waals surface area contributed by atoms with E-state index in [9.17, 15) is 9.59 Å². The van der Waals surface area contributed by atoms with Gasteiger partial charge in [-0.1, -0.05) is 0 Å². The molecule has 0 aromatic heterocycles. The van der Waals surface area contributed by atoms with E-state index in [-0.39, 0.29) is 6.61 Å². The Hall–Kier alpha value is -1.10. The first-order chi connectivity index (χ1) is 5.61. The van der Waals surface area contributed by atoms with Crippen molar-refractivity contribution in [2.45, 2.75) is 12.9 Å². The summed E-state index contributed by atoms with van der Waals surface area (Å²) in [5.41, 5.74) is 0. The van der Waals surface area contributed by atoms with E-state index >= 15 is 0 Å². The molecule has 0 aliphatic heterocycles. The highest BCUT2D eigenvalue weighted by Crippen LogP contribution is 1.84. The van der Waals surface area contributed by atoms with Crippen LogP contribution in [0.2, 0.25) is 0 Å². The third kappa shape index (κ3) is 4.32. The van der Waals surface area contributed by atoms with Crippen molar-refractivity contribution >= 4 is 11.9 Å². The lowest BCUT2D eigenvalue weighted by Gasteiger charge is -2.10. The number of methoxy groups -OCH3 is 1. The number of ether oxygens (including phenoxy) is 1. The normalized spacial score (nSPS) is 13.4. The van der Waals surface area contributed by atoms with Gasteiger partial charge in [-0.3, -0.25) is 4.79 Å². The molecule has 1 amide bonds. The summed E-state index contributed by atoms with van der Waals surface area (Å²) in [6, 6.07) is -1.06. The van der Waals surface area contributed by atoms with E-state index in [1.54, 1.807) is 0 Å². The highest BCUT2D eigenvalue weighted by molar-refractivity contribution is 5.82. The highest BCUT2D eigenvalue weighted by Gasteiger charge is 2.17. The second-order valence-electron chi connectivity index (χ2n) is 1.91. The molecule has 0 heterocycles. The Labute approximate surface area is 65.7 Å². The van der Waals surface area contributed by atoms with E-state index in [0.29, 0.717) is 0 Å². The van der Waals surface area contributed by atoms with Crippen molar-refractivity contribution in [1.29, 1.82) is 0 Å². The molecule has 5 heteroatoms. The Morgan fingerprint density at radius 3 is 2.82 bits per heavy atom. The van der Waals surface area contributed by atoms with Gasteiger partial charge in [0, 0.05) is 15.4 Å². The lowest BCUT2D eigenvalue weighted by atomic mass is 10.3. The second kappa shape index (κ2) is 4.68. The fraction of sp³-hybridized carbons (Fsp3) is 0.667. The maximum atomic E-state index is 10.6. The minimum atomic E-state index is -1.17. The molecular weight excluding hydrogens is 150 g/mol. The highest BCUT2D eigenvalue weighted by atomic mass is 16.5. The molecule has 1 unspecified atom stereocenters. The standard InChI is InChI=1S/C6H11NO4/c1-4(8)7-5(3-11-2)6(9)10/h5H,3H2,1-2H3,(H,7,8)(H,9,10)/i1D. The van der Waals surface area contributed by atoms with E-state index < -0.39 is 24.8 Å². The number of nitrogens with one attached hydrogen (secondary N) is 1. The van der Waals surface area contributed by atoms with Gasteiger partial charge >= 0.3 is 5.97 Å². The number of hydrogen-bond donors (Lipinski definition) is 2. The van der Waals surface area contributed by atoms with Gasteiger partial charge in [0.05, 0.1) is 6.61 Å². The molecule has 64 valence electrons. The van der Waals surface area contributed by atoms with Gasteiger partial charge in [0.15, 0.2) is 6.04 Å². The molecular formula is C6H11NO4. The zero-order chi connectivity index (χ0) is 9.56. The number of carboxylic acid groups (broad SMARTS) is 1. The molecule has 0 aromatic rings. The smallest absolute Gasteiger partial charge is 0.328 e. The van der Waals surface area contributed by atoms with E-state index in [1.165, 1.54) is 7.11 Å². The number of amides is 1. The largest absolute Gasteiger partial charge is 0.480 e. The van der Waals surface area contributed by atoms with Gasteiger partial charge in [0.25, 0.3) is 0 Å². The fourth-order valence-electron chi connectivity index (χ4n) is 0.536. The molecule has 0 fully saturated rings. The lowest BCUT2D eigenvalue weighted by Crippen LogP contribution is -2.42. The van der Waals surface area contributed by atoms with Gasteiger partial charge in [0.2, 0.25) is 5.91 Å². The van der Waals surface area contributed by atoms with Crippen molar-refractivity contribution < 1.29 is 20.8 Å². The van der Waals surface area contributed by atoms with Crippen LogP contribution in [-0.2, 0) is 14.3 Å². The molecule has 0 rings (SSSR count). The maximum Gasteiger partial charge on any atom is 0.328 e. The fourth-order valence-corrected chi connectivity index (χ4v) is 0.536. The van der Waals surface area contributed by atoms with Crippen molar-refractivity contribution in [3.8, 4) is 0 Å². The molecule has 0 radical (unpaired) electrons. The summed E-state index contributed by atoms with van der Waals surface area (Å²) in [6.45, 7) is -0.575. The van der Waals surface area contributed by atoms with Gasteiger partial charge in [-0.15, -0.1) is 0 Å². The number of hydrogen-bond acceptors (Lipinski definition) is 3. The van der Waals surface area contributed by atoms with Gasteiger partial charge in [0.1, 0.15) is 0 Å². The maximum absolute atomic E-state index is 10.6. The predicted octanol–water partition coefficient (Wildman–Crippen LogP) is -0.778. The summed E-state index contributed by atoms with van der Waals surface area (Å²) < 4.78 is 11.2. The predicted molar refractivity (Wildman–Crippen MR) is 37.1 cm³/mol. The second-order valence-corrected chi connectivity index (χ2v) is 1.91. The van der Waals surface area contributed by atoms with Crippen LogP contribution in [-0.4, -0.2) is 36.7 Å². The summed E-state index contributed by atoms with van der Waals surface area (Å²) in [4.78, 5) is 21.0. The molecule has 0 spiro atoms.